The average Bonchev–Trinajstić information content (AvgIpc) is 3.21. The van der Waals surface area contributed by atoms with Crippen LogP contribution < -0.4 is 4.74 Å². The molecule has 3 rings (SSSR count). The first-order valence-electron chi connectivity index (χ1n) is 9.93. The van der Waals surface area contributed by atoms with Gasteiger partial charge in [-0.1, -0.05) is 53.7 Å². The first-order valence-corrected chi connectivity index (χ1v) is 9.93. The molecule has 1 saturated heterocycles. The van der Waals surface area contributed by atoms with Crippen molar-refractivity contribution in [3.05, 3.63) is 35.7 Å². The van der Waals surface area contributed by atoms with E-state index in [2.05, 4.69) is 18.0 Å². The van der Waals surface area contributed by atoms with Crippen molar-refractivity contribution in [3.8, 4) is 5.75 Å². The molecular formula is C22H38FNO. The molecule has 1 aromatic carbocycles. The molecule has 2 unspecified atom stereocenters. The second-order valence-electron chi connectivity index (χ2n) is 5.87. The Bertz CT molecular complexity index is 525. The number of ether oxygens (including phenoxy) is 1. The molecule has 2 atom stereocenters. The van der Waals surface area contributed by atoms with Crippen molar-refractivity contribution in [3.63, 3.8) is 0 Å². The highest BCUT2D eigenvalue weighted by atomic mass is 19.1. The fourth-order valence-electron chi connectivity index (χ4n) is 3.15. The Labute approximate surface area is 155 Å². The van der Waals surface area contributed by atoms with Crippen LogP contribution in [-0.4, -0.2) is 30.6 Å². The number of likely N-dealkylation sites (tertiary alicyclic amines) is 1. The lowest BCUT2D eigenvalue weighted by Crippen LogP contribution is -2.25. The summed E-state index contributed by atoms with van der Waals surface area (Å²) in [6, 6.07) is 5.79. The van der Waals surface area contributed by atoms with Gasteiger partial charge in [-0.2, -0.15) is 0 Å². The predicted octanol–water partition coefficient (Wildman–Crippen LogP) is 6.41. The highest BCUT2D eigenvalue weighted by molar-refractivity contribution is 5.72. The first kappa shape index (κ1) is 23.6. The smallest absolute Gasteiger partial charge is 0.165 e. The van der Waals surface area contributed by atoms with E-state index in [1.165, 1.54) is 18.1 Å². The lowest BCUT2D eigenvalue weighted by atomic mass is 9.95. The van der Waals surface area contributed by atoms with Gasteiger partial charge in [0.05, 0.1) is 6.10 Å². The third-order valence-electron chi connectivity index (χ3n) is 4.04. The zero-order valence-corrected chi connectivity index (χ0v) is 17.7. The van der Waals surface area contributed by atoms with Crippen LogP contribution in [0.3, 0.4) is 0 Å². The molecule has 2 aliphatic rings. The molecule has 144 valence electrons. The minimum atomic E-state index is -0.279. The number of benzene rings is 1. The second kappa shape index (κ2) is 12.1. The van der Waals surface area contributed by atoms with Crippen molar-refractivity contribution in [1.82, 2.24) is 4.90 Å². The van der Waals surface area contributed by atoms with E-state index < -0.39 is 0 Å². The molecule has 1 aromatic rings. The normalized spacial score (nSPS) is 20.5. The van der Waals surface area contributed by atoms with Gasteiger partial charge in [0.1, 0.15) is 0 Å². The van der Waals surface area contributed by atoms with Gasteiger partial charge in [-0.3, -0.25) is 4.90 Å². The summed E-state index contributed by atoms with van der Waals surface area (Å²) >= 11 is 0. The fraction of sp³-hybridized carbons (Fsp3) is 0.636. The Morgan fingerprint density at radius 3 is 2.12 bits per heavy atom. The molecule has 25 heavy (non-hydrogen) atoms. The molecule has 1 fully saturated rings. The largest absolute Gasteiger partial charge is 0.488 e. The Morgan fingerprint density at radius 1 is 1.08 bits per heavy atom. The van der Waals surface area contributed by atoms with E-state index >= 15 is 0 Å². The van der Waals surface area contributed by atoms with Crippen LogP contribution in [-0.2, 0) is 0 Å². The van der Waals surface area contributed by atoms with Crippen molar-refractivity contribution in [2.75, 3.05) is 13.6 Å². The van der Waals surface area contributed by atoms with Gasteiger partial charge >= 0.3 is 0 Å². The summed E-state index contributed by atoms with van der Waals surface area (Å²) in [7, 11) is 2.16. The maximum atomic E-state index is 13.7. The third kappa shape index (κ3) is 6.14. The maximum Gasteiger partial charge on any atom is 0.165 e. The van der Waals surface area contributed by atoms with E-state index in [1.807, 2.05) is 67.5 Å². The molecule has 0 saturated carbocycles. The number of likely N-dealkylation sites (N-methyl/N-ethyl adjacent to an activating group) is 1. The molecule has 0 N–H and O–H groups in total. The molecule has 0 spiro atoms. The van der Waals surface area contributed by atoms with E-state index in [0.717, 1.165) is 12.1 Å². The van der Waals surface area contributed by atoms with Crippen molar-refractivity contribution >= 4 is 5.57 Å². The summed E-state index contributed by atoms with van der Waals surface area (Å²) in [6.07, 6.45) is 3.51. The van der Waals surface area contributed by atoms with Crippen molar-refractivity contribution in [2.45, 2.75) is 74.0 Å². The molecule has 0 aromatic heterocycles. The van der Waals surface area contributed by atoms with Gasteiger partial charge < -0.3 is 4.74 Å². The zero-order valence-electron chi connectivity index (χ0n) is 17.7. The van der Waals surface area contributed by atoms with Crippen molar-refractivity contribution in [1.29, 1.82) is 0 Å². The standard InChI is InChI=1S/C16H20FNO.3C2H6/c1-10(2)19-16-7-11(4-5-15(16)17)14-8-13-6-12(14)9-18(13)3;3*1-2/h4-5,7-8,10,12-13H,6,9H2,1-3H3;3*1-2H3. The van der Waals surface area contributed by atoms with Crippen molar-refractivity contribution in [2.24, 2.45) is 5.92 Å². The number of hydrogen-bond acceptors (Lipinski definition) is 2. The molecular weight excluding hydrogens is 313 g/mol. The van der Waals surface area contributed by atoms with Crippen LogP contribution in [0, 0.1) is 11.7 Å². The molecule has 0 amide bonds. The minimum Gasteiger partial charge on any atom is -0.488 e. The molecule has 1 aliphatic heterocycles. The Morgan fingerprint density at radius 2 is 1.68 bits per heavy atom. The third-order valence-corrected chi connectivity index (χ3v) is 4.04. The van der Waals surface area contributed by atoms with Crippen LogP contribution in [0.1, 0.15) is 67.4 Å². The summed E-state index contributed by atoms with van der Waals surface area (Å²) in [5.74, 6) is 0.676. The number of hydrogen-bond donors (Lipinski definition) is 0. The quantitative estimate of drug-likeness (QED) is 0.624. The molecule has 3 heteroatoms. The summed E-state index contributed by atoms with van der Waals surface area (Å²) < 4.78 is 19.2. The van der Waals surface area contributed by atoms with Crippen molar-refractivity contribution < 1.29 is 9.13 Å². The van der Waals surface area contributed by atoms with Gasteiger partial charge in [-0.05, 0) is 56.5 Å². The van der Waals surface area contributed by atoms with Crippen LogP contribution >= 0.6 is 0 Å². The highest BCUT2D eigenvalue weighted by Crippen LogP contribution is 2.42. The summed E-state index contributed by atoms with van der Waals surface area (Å²) in [6.45, 7) is 16.9. The molecule has 2 nitrogen and oxygen atoms in total. The second-order valence-corrected chi connectivity index (χ2v) is 5.87. The maximum absolute atomic E-state index is 13.7. The lowest BCUT2D eigenvalue weighted by Gasteiger charge is -2.22. The fourth-order valence-corrected chi connectivity index (χ4v) is 3.15. The monoisotopic (exact) mass is 351 g/mol. The lowest BCUT2D eigenvalue weighted by molar-refractivity contribution is 0.231. The summed E-state index contributed by atoms with van der Waals surface area (Å²) in [4.78, 5) is 2.38. The van der Waals surface area contributed by atoms with E-state index in [4.69, 9.17) is 4.74 Å². The Balaban J connectivity index is 0.000000871. The van der Waals surface area contributed by atoms with Crippen LogP contribution in [0.25, 0.3) is 5.57 Å². The van der Waals surface area contributed by atoms with Crippen LogP contribution in [0.15, 0.2) is 24.3 Å². The van der Waals surface area contributed by atoms with E-state index in [0.29, 0.717) is 17.7 Å². The summed E-state index contributed by atoms with van der Waals surface area (Å²) in [5.41, 5.74) is 2.47. The molecule has 1 heterocycles. The predicted molar refractivity (Wildman–Crippen MR) is 109 cm³/mol. The van der Waals surface area contributed by atoms with Gasteiger partial charge in [0, 0.05) is 12.6 Å². The number of nitrogens with zero attached hydrogens (tertiary/aromatic N) is 1. The highest BCUT2D eigenvalue weighted by Gasteiger charge is 2.37. The topological polar surface area (TPSA) is 12.5 Å². The minimum absolute atomic E-state index is 0.00936. The molecule has 1 aliphatic carbocycles. The van der Waals surface area contributed by atoms with Gasteiger partial charge in [-0.25, -0.2) is 4.39 Å². The SMILES string of the molecule is CC.CC.CC.CC(C)Oc1cc(C2=CC3CC2CN3C)ccc1F. The van der Waals surface area contributed by atoms with Crippen LogP contribution in [0.4, 0.5) is 4.39 Å². The Kier molecular flexibility index (Phi) is 11.4. The van der Waals surface area contributed by atoms with E-state index in [-0.39, 0.29) is 11.9 Å². The van der Waals surface area contributed by atoms with E-state index in [9.17, 15) is 4.39 Å². The van der Waals surface area contributed by atoms with Gasteiger partial charge in [-0.15, -0.1) is 0 Å². The average molecular weight is 352 g/mol. The number of rotatable bonds is 3. The number of halogens is 1. The molecule has 2 bridgehead atoms. The summed E-state index contributed by atoms with van der Waals surface area (Å²) in [5, 5.41) is 0. The number of fused-ring (bicyclic) bond motifs is 2. The van der Waals surface area contributed by atoms with Gasteiger partial charge in [0.2, 0.25) is 0 Å². The van der Waals surface area contributed by atoms with Gasteiger partial charge in [0.25, 0.3) is 0 Å². The van der Waals surface area contributed by atoms with Crippen LogP contribution in [0.5, 0.6) is 5.75 Å². The van der Waals surface area contributed by atoms with Gasteiger partial charge in [0.15, 0.2) is 11.6 Å². The van der Waals surface area contributed by atoms with Crippen LogP contribution in [0.2, 0.25) is 0 Å². The van der Waals surface area contributed by atoms with E-state index in [1.54, 1.807) is 0 Å². The molecule has 0 radical (unpaired) electrons. The first-order chi connectivity index (χ1) is 12.0. The Hall–Kier alpha value is -1.35. The zero-order chi connectivity index (χ0) is 19.6.